The van der Waals surface area contributed by atoms with E-state index in [1.807, 2.05) is 19.3 Å². The molecule has 0 bridgehead atoms. The Morgan fingerprint density at radius 3 is 2.96 bits per heavy atom. The smallest absolute Gasteiger partial charge is 0.193 e. The van der Waals surface area contributed by atoms with Crippen LogP contribution in [0.5, 0.6) is 0 Å². The van der Waals surface area contributed by atoms with E-state index in [0.717, 1.165) is 63.6 Å². The summed E-state index contributed by atoms with van der Waals surface area (Å²) in [5.74, 6) is 2.80. The fraction of sp³-hybridized carbons (Fsp3) is 0.667. The fourth-order valence-corrected chi connectivity index (χ4v) is 3.52. The highest BCUT2D eigenvalue weighted by atomic mass is 16.5. The second-order valence-corrected chi connectivity index (χ2v) is 6.68. The molecule has 0 saturated carbocycles. The topological polar surface area (TPSA) is 53.0 Å². The number of hydrogen-bond acceptors (Lipinski definition) is 4. The van der Waals surface area contributed by atoms with Crippen molar-refractivity contribution in [1.82, 2.24) is 15.2 Å². The van der Waals surface area contributed by atoms with Crippen LogP contribution in [-0.4, -0.2) is 62.3 Å². The number of nitrogens with zero attached hydrogens (tertiary/aromatic N) is 4. The van der Waals surface area contributed by atoms with E-state index >= 15 is 0 Å². The van der Waals surface area contributed by atoms with Gasteiger partial charge in [-0.25, -0.2) is 4.98 Å². The molecule has 0 amide bonds. The highest BCUT2D eigenvalue weighted by molar-refractivity contribution is 5.80. The maximum atomic E-state index is 5.46. The molecule has 3 heterocycles. The van der Waals surface area contributed by atoms with E-state index in [-0.39, 0.29) is 0 Å². The molecule has 1 unspecified atom stereocenters. The zero-order valence-electron chi connectivity index (χ0n) is 14.9. The molecule has 0 radical (unpaired) electrons. The third kappa shape index (κ3) is 4.17. The quantitative estimate of drug-likeness (QED) is 0.675. The molecule has 6 heteroatoms. The number of anilines is 1. The summed E-state index contributed by atoms with van der Waals surface area (Å²) in [5.41, 5.74) is 1.21. The van der Waals surface area contributed by atoms with Crippen LogP contribution in [0.1, 0.15) is 25.3 Å². The average Bonchev–Trinajstić information content (AvgIpc) is 2.63. The normalized spacial score (nSPS) is 22.6. The van der Waals surface area contributed by atoms with Gasteiger partial charge in [-0.05, 0) is 24.8 Å². The van der Waals surface area contributed by atoms with Crippen LogP contribution in [0.4, 0.5) is 5.82 Å². The first-order valence-electron chi connectivity index (χ1n) is 9.00. The molecule has 132 valence electrons. The monoisotopic (exact) mass is 331 g/mol. The summed E-state index contributed by atoms with van der Waals surface area (Å²) in [4.78, 5) is 13.8. The first-order chi connectivity index (χ1) is 11.8. The van der Waals surface area contributed by atoms with Crippen molar-refractivity contribution < 1.29 is 4.74 Å². The number of likely N-dealkylation sites (tertiary alicyclic amines) is 1. The summed E-state index contributed by atoms with van der Waals surface area (Å²) in [6.45, 7) is 8.60. The maximum absolute atomic E-state index is 5.46. The zero-order valence-corrected chi connectivity index (χ0v) is 14.9. The Balaban J connectivity index is 1.65. The van der Waals surface area contributed by atoms with Crippen molar-refractivity contribution in [3.63, 3.8) is 0 Å². The first kappa shape index (κ1) is 17.0. The van der Waals surface area contributed by atoms with Gasteiger partial charge in [0.05, 0.1) is 13.2 Å². The lowest BCUT2D eigenvalue weighted by atomic mass is 10.0. The molecule has 2 aliphatic heterocycles. The van der Waals surface area contributed by atoms with Crippen molar-refractivity contribution in [2.75, 3.05) is 51.3 Å². The second kappa shape index (κ2) is 8.33. The van der Waals surface area contributed by atoms with Crippen molar-refractivity contribution in [3.8, 4) is 0 Å². The molecule has 6 nitrogen and oxygen atoms in total. The molecule has 1 atom stereocenters. The van der Waals surface area contributed by atoms with Gasteiger partial charge in [0.1, 0.15) is 5.82 Å². The van der Waals surface area contributed by atoms with Crippen molar-refractivity contribution >= 4 is 11.8 Å². The van der Waals surface area contributed by atoms with Crippen LogP contribution >= 0.6 is 0 Å². The number of piperidine rings is 1. The molecule has 0 aromatic carbocycles. The highest BCUT2D eigenvalue weighted by Gasteiger charge is 2.20. The molecule has 1 aromatic rings. The lowest BCUT2D eigenvalue weighted by Gasteiger charge is -2.34. The van der Waals surface area contributed by atoms with Gasteiger partial charge in [-0.2, -0.15) is 0 Å². The van der Waals surface area contributed by atoms with E-state index in [1.165, 1.54) is 18.4 Å². The lowest BCUT2D eigenvalue weighted by molar-refractivity contribution is 0.122. The molecule has 0 aliphatic carbocycles. The molecule has 1 aromatic heterocycles. The Hall–Kier alpha value is -1.82. The number of guanidine groups is 1. The summed E-state index contributed by atoms with van der Waals surface area (Å²) >= 11 is 0. The van der Waals surface area contributed by atoms with Crippen molar-refractivity contribution in [2.45, 2.75) is 26.3 Å². The average molecular weight is 331 g/mol. The SMILES string of the molecule is CN=C(NCc1cccnc1N1CCOCC1)N1CCCC(C)C1. The molecule has 0 spiro atoms. The predicted octanol–water partition coefficient (Wildman–Crippen LogP) is 1.73. The van der Waals surface area contributed by atoms with Crippen LogP contribution in [0.25, 0.3) is 0 Å². The van der Waals surface area contributed by atoms with Crippen molar-refractivity contribution in [1.29, 1.82) is 0 Å². The van der Waals surface area contributed by atoms with Crippen LogP contribution in [0.15, 0.2) is 23.3 Å². The van der Waals surface area contributed by atoms with Crippen molar-refractivity contribution in [2.24, 2.45) is 10.9 Å². The summed E-state index contributed by atoms with van der Waals surface area (Å²) in [6, 6.07) is 4.16. The van der Waals surface area contributed by atoms with Crippen LogP contribution in [0.2, 0.25) is 0 Å². The van der Waals surface area contributed by atoms with Gasteiger partial charge in [-0.1, -0.05) is 13.0 Å². The Morgan fingerprint density at radius 1 is 1.38 bits per heavy atom. The summed E-state index contributed by atoms with van der Waals surface area (Å²) in [7, 11) is 1.87. The predicted molar refractivity (Wildman–Crippen MR) is 97.4 cm³/mol. The largest absolute Gasteiger partial charge is 0.378 e. The van der Waals surface area contributed by atoms with Gasteiger partial charge >= 0.3 is 0 Å². The molecule has 2 fully saturated rings. The highest BCUT2D eigenvalue weighted by Crippen LogP contribution is 2.19. The number of hydrogen-bond donors (Lipinski definition) is 1. The van der Waals surface area contributed by atoms with E-state index in [9.17, 15) is 0 Å². The van der Waals surface area contributed by atoms with Crippen LogP contribution in [-0.2, 0) is 11.3 Å². The number of ether oxygens (including phenoxy) is 1. The van der Waals surface area contributed by atoms with E-state index < -0.39 is 0 Å². The maximum Gasteiger partial charge on any atom is 0.193 e. The Kier molecular flexibility index (Phi) is 5.91. The summed E-state index contributed by atoms with van der Waals surface area (Å²) in [6.07, 6.45) is 4.43. The number of aliphatic imine (C=N–C) groups is 1. The Morgan fingerprint density at radius 2 is 2.21 bits per heavy atom. The molecule has 1 N–H and O–H groups in total. The van der Waals surface area contributed by atoms with Crippen molar-refractivity contribution in [3.05, 3.63) is 23.9 Å². The molecule has 2 saturated heterocycles. The van der Waals surface area contributed by atoms with E-state index in [2.05, 4.69) is 38.1 Å². The number of aromatic nitrogens is 1. The number of morpholine rings is 1. The van der Waals surface area contributed by atoms with Crippen LogP contribution in [0, 0.1) is 5.92 Å². The second-order valence-electron chi connectivity index (χ2n) is 6.68. The minimum atomic E-state index is 0.736. The van der Waals surface area contributed by atoms with Gasteiger partial charge in [0, 0.05) is 51.5 Å². The standard InChI is InChI=1S/C18H29N5O/c1-15-5-4-8-23(14-15)18(19-2)21-13-16-6-3-7-20-17(16)22-9-11-24-12-10-22/h3,6-7,15H,4-5,8-14H2,1-2H3,(H,19,21). The van der Waals surface area contributed by atoms with E-state index in [4.69, 9.17) is 4.74 Å². The van der Waals surface area contributed by atoms with Gasteiger partial charge in [0.2, 0.25) is 0 Å². The Labute approximate surface area is 144 Å². The van der Waals surface area contributed by atoms with E-state index in [0.29, 0.717) is 0 Å². The number of pyridine rings is 1. The lowest BCUT2D eigenvalue weighted by Crippen LogP contribution is -2.46. The van der Waals surface area contributed by atoms with Gasteiger partial charge < -0.3 is 19.9 Å². The molecule has 2 aliphatic rings. The van der Waals surface area contributed by atoms with Gasteiger partial charge in [-0.15, -0.1) is 0 Å². The van der Waals surface area contributed by atoms with Gasteiger partial charge in [-0.3, -0.25) is 4.99 Å². The Bertz CT molecular complexity index is 556. The minimum absolute atomic E-state index is 0.736. The summed E-state index contributed by atoms with van der Waals surface area (Å²) in [5, 5.41) is 3.53. The molecular weight excluding hydrogens is 302 g/mol. The minimum Gasteiger partial charge on any atom is -0.378 e. The van der Waals surface area contributed by atoms with Crippen LogP contribution in [0.3, 0.4) is 0 Å². The number of nitrogens with one attached hydrogen (secondary N) is 1. The molecular formula is C18H29N5O. The van der Waals surface area contributed by atoms with Crippen LogP contribution < -0.4 is 10.2 Å². The first-order valence-corrected chi connectivity index (χ1v) is 9.00. The zero-order chi connectivity index (χ0) is 16.8. The van der Waals surface area contributed by atoms with E-state index in [1.54, 1.807) is 0 Å². The van der Waals surface area contributed by atoms with Gasteiger partial charge in [0.15, 0.2) is 5.96 Å². The molecule has 3 rings (SSSR count). The summed E-state index contributed by atoms with van der Waals surface area (Å²) < 4.78 is 5.46. The third-order valence-corrected chi connectivity index (χ3v) is 4.78. The fourth-order valence-electron chi connectivity index (χ4n) is 3.52. The number of rotatable bonds is 3. The third-order valence-electron chi connectivity index (χ3n) is 4.78. The van der Waals surface area contributed by atoms with Gasteiger partial charge in [0.25, 0.3) is 0 Å². The molecule has 24 heavy (non-hydrogen) atoms.